The number of nitrogens with zero attached hydrogens (tertiary/aromatic N) is 1. The highest BCUT2D eigenvalue weighted by Gasteiger charge is 2.48. The van der Waals surface area contributed by atoms with Gasteiger partial charge in [-0.15, -0.1) is 0 Å². The summed E-state index contributed by atoms with van der Waals surface area (Å²) in [5.41, 5.74) is 0.819. The van der Waals surface area contributed by atoms with Gasteiger partial charge in [0.15, 0.2) is 9.84 Å². The van der Waals surface area contributed by atoms with Gasteiger partial charge in [-0.3, -0.25) is 9.59 Å². The lowest BCUT2D eigenvalue weighted by atomic mass is 9.94. The van der Waals surface area contributed by atoms with Crippen molar-refractivity contribution in [3.8, 4) is 0 Å². The number of ether oxygens (including phenoxy) is 1. The van der Waals surface area contributed by atoms with Crippen molar-refractivity contribution in [2.24, 2.45) is 11.8 Å². The Bertz CT molecular complexity index is 800. The fraction of sp³-hybridized carbons (Fsp3) is 0.556. The molecule has 1 amide bonds. The Morgan fingerprint density at radius 2 is 1.81 bits per heavy atom. The monoisotopic (exact) mass is 381 g/mol. The molecule has 1 saturated heterocycles. The molecular weight excluding hydrogens is 358 g/mol. The van der Waals surface area contributed by atoms with Crippen molar-refractivity contribution in [3.05, 3.63) is 29.8 Å². The number of sulfone groups is 1. The highest BCUT2D eigenvalue weighted by Crippen LogP contribution is 2.39. The number of morpholine rings is 1. The first kappa shape index (κ1) is 18.8. The number of hydrogen-bond acceptors (Lipinski definition) is 5. The molecule has 0 radical (unpaired) electrons. The van der Waals surface area contributed by atoms with Crippen molar-refractivity contribution < 1.29 is 27.9 Å². The van der Waals surface area contributed by atoms with Gasteiger partial charge in [0, 0.05) is 13.1 Å². The second kappa shape index (κ2) is 7.36. The first-order valence-electron chi connectivity index (χ1n) is 8.70. The van der Waals surface area contributed by atoms with E-state index in [2.05, 4.69) is 0 Å². The average Bonchev–Trinajstić information content (AvgIpc) is 3.08. The minimum Gasteiger partial charge on any atom is -0.481 e. The number of carbonyl (C=O) groups is 2. The van der Waals surface area contributed by atoms with Gasteiger partial charge >= 0.3 is 5.97 Å². The molecule has 1 aromatic carbocycles. The van der Waals surface area contributed by atoms with E-state index in [1.807, 2.05) is 0 Å². The molecule has 142 valence electrons. The summed E-state index contributed by atoms with van der Waals surface area (Å²) < 4.78 is 31.1. The minimum atomic E-state index is -3.68. The number of carboxylic acid groups (broad SMARTS) is 1. The molecule has 8 heteroatoms. The Hall–Kier alpha value is -1.93. The maximum atomic E-state index is 13.0. The summed E-state index contributed by atoms with van der Waals surface area (Å²) in [6.07, 6.45) is 0.00971. The van der Waals surface area contributed by atoms with Gasteiger partial charge in [0.25, 0.3) is 0 Å². The lowest BCUT2D eigenvalue weighted by Crippen LogP contribution is -2.45. The van der Waals surface area contributed by atoms with Crippen molar-refractivity contribution in [2.45, 2.75) is 29.9 Å². The maximum absolute atomic E-state index is 13.0. The van der Waals surface area contributed by atoms with Crippen LogP contribution in [0.2, 0.25) is 0 Å². The van der Waals surface area contributed by atoms with Crippen molar-refractivity contribution in [1.29, 1.82) is 0 Å². The normalized spacial score (nSPS) is 26.7. The smallest absolute Gasteiger partial charge is 0.307 e. The molecule has 1 aromatic rings. The van der Waals surface area contributed by atoms with E-state index in [1.54, 1.807) is 30.0 Å². The fourth-order valence-electron chi connectivity index (χ4n) is 3.79. The van der Waals surface area contributed by atoms with Gasteiger partial charge in [-0.1, -0.05) is 12.1 Å². The molecule has 2 aliphatic rings. The summed E-state index contributed by atoms with van der Waals surface area (Å²) in [6, 6.07) is 6.58. The molecule has 26 heavy (non-hydrogen) atoms. The molecular formula is C18H23NO6S. The number of carbonyl (C=O) groups excluding carboxylic acids is 1. The van der Waals surface area contributed by atoms with Crippen LogP contribution in [-0.4, -0.2) is 61.9 Å². The third-order valence-corrected chi connectivity index (χ3v) is 7.41. The zero-order chi connectivity index (χ0) is 18.9. The van der Waals surface area contributed by atoms with E-state index >= 15 is 0 Å². The Kier molecular flexibility index (Phi) is 5.34. The standard InChI is InChI=1S/C18H23NO6S/c1-12-3-2-4-13(9-12)26(23,24)14-10-15(16(11-14)18(21)22)17(20)19-5-7-25-8-6-19/h2-4,9,14-16H,5-8,10-11H2,1H3,(H,21,22)/t14-,15-,16-/m1/s1. The van der Waals surface area contributed by atoms with Gasteiger partial charge in [-0.2, -0.15) is 0 Å². The van der Waals surface area contributed by atoms with E-state index in [0.29, 0.717) is 26.3 Å². The highest BCUT2D eigenvalue weighted by atomic mass is 32.2. The molecule has 2 fully saturated rings. The van der Waals surface area contributed by atoms with Gasteiger partial charge in [0.05, 0.1) is 35.2 Å². The lowest BCUT2D eigenvalue weighted by Gasteiger charge is -2.30. The van der Waals surface area contributed by atoms with Gasteiger partial charge < -0.3 is 14.7 Å². The van der Waals surface area contributed by atoms with Crippen LogP contribution in [0.5, 0.6) is 0 Å². The number of carboxylic acids is 1. The van der Waals surface area contributed by atoms with Crippen LogP contribution in [0.25, 0.3) is 0 Å². The second-order valence-electron chi connectivity index (χ2n) is 6.94. The fourth-order valence-corrected chi connectivity index (χ4v) is 5.72. The van der Waals surface area contributed by atoms with E-state index < -0.39 is 32.9 Å². The number of amides is 1. The topological polar surface area (TPSA) is 101 Å². The SMILES string of the molecule is Cc1cccc(S(=O)(=O)[C@H]2C[C@@H](C(=O)O)[C@H](C(=O)N3CCOCC3)C2)c1. The van der Waals surface area contributed by atoms with E-state index in [0.717, 1.165) is 5.56 Å². The van der Waals surface area contributed by atoms with Crippen LogP contribution in [0.1, 0.15) is 18.4 Å². The lowest BCUT2D eigenvalue weighted by molar-refractivity contribution is -0.150. The van der Waals surface area contributed by atoms with Gasteiger partial charge in [-0.25, -0.2) is 8.42 Å². The van der Waals surface area contributed by atoms with Crippen LogP contribution in [0.3, 0.4) is 0 Å². The molecule has 0 aromatic heterocycles. The molecule has 0 bridgehead atoms. The quantitative estimate of drug-likeness (QED) is 0.838. The van der Waals surface area contributed by atoms with Crippen LogP contribution < -0.4 is 0 Å². The summed E-state index contributed by atoms with van der Waals surface area (Å²) >= 11 is 0. The van der Waals surface area contributed by atoms with Crippen LogP contribution in [0.15, 0.2) is 29.2 Å². The zero-order valence-corrected chi connectivity index (χ0v) is 15.4. The molecule has 1 heterocycles. The Labute approximate surface area is 152 Å². The molecule has 0 spiro atoms. The molecule has 0 unspecified atom stereocenters. The zero-order valence-electron chi connectivity index (χ0n) is 14.6. The Morgan fingerprint density at radius 1 is 1.15 bits per heavy atom. The summed E-state index contributed by atoms with van der Waals surface area (Å²) in [5, 5.41) is 8.68. The highest BCUT2D eigenvalue weighted by molar-refractivity contribution is 7.92. The number of rotatable bonds is 4. The van der Waals surface area contributed by atoms with Crippen molar-refractivity contribution in [1.82, 2.24) is 4.90 Å². The molecule has 1 aliphatic heterocycles. The van der Waals surface area contributed by atoms with Gasteiger partial charge in [-0.05, 0) is 37.5 Å². The van der Waals surface area contributed by atoms with Crippen molar-refractivity contribution >= 4 is 21.7 Å². The Morgan fingerprint density at radius 3 is 2.42 bits per heavy atom. The number of benzene rings is 1. The molecule has 3 rings (SSSR count). The van der Waals surface area contributed by atoms with Crippen molar-refractivity contribution in [2.75, 3.05) is 26.3 Å². The van der Waals surface area contributed by atoms with E-state index in [4.69, 9.17) is 4.74 Å². The summed E-state index contributed by atoms with van der Waals surface area (Å²) in [6.45, 7) is 3.47. The van der Waals surface area contributed by atoms with Gasteiger partial charge in [0.1, 0.15) is 0 Å². The molecule has 3 atom stereocenters. The third kappa shape index (κ3) is 3.61. The summed E-state index contributed by atoms with van der Waals surface area (Å²) in [7, 11) is -3.68. The maximum Gasteiger partial charge on any atom is 0.307 e. The molecule has 1 N–H and O–H groups in total. The number of aliphatic carboxylic acids is 1. The van der Waals surface area contributed by atoms with Crippen LogP contribution in [0, 0.1) is 18.8 Å². The molecule has 1 saturated carbocycles. The number of aryl methyl sites for hydroxylation is 1. The third-order valence-electron chi connectivity index (χ3n) is 5.23. The first-order chi connectivity index (χ1) is 12.3. The molecule has 1 aliphatic carbocycles. The predicted octanol–water partition coefficient (Wildman–Crippen LogP) is 1.11. The van der Waals surface area contributed by atoms with Crippen LogP contribution in [-0.2, 0) is 24.2 Å². The number of hydrogen-bond donors (Lipinski definition) is 1. The first-order valence-corrected chi connectivity index (χ1v) is 10.2. The van der Waals surface area contributed by atoms with Crippen LogP contribution in [0.4, 0.5) is 0 Å². The molecule has 7 nitrogen and oxygen atoms in total. The van der Waals surface area contributed by atoms with E-state index in [-0.39, 0.29) is 23.6 Å². The van der Waals surface area contributed by atoms with Crippen LogP contribution >= 0.6 is 0 Å². The van der Waals surface area contributed by atoms with Crippen molar-refractivity contribution in [3.63, 3.8) is 0 Å². The summed E-state index contributed by atoms with van der Waals surface area (Å²) in [4.78, 5) is 26.2. The van der Waals surface area contributed by atoms with E-state index in [1.165, 1.54) is 6.07 Å². The minimum absolute atomic E-state index is 0.0354. The largest absolute Gasteiger partial charge is 0.481 e. The van der Waals surface area contributed by atoms with Gasteiger partial charge in [0.2, 0.25) is 5.91 Å². The Balaban J connectivity index is 1.84. The predicted molar refractivity (Wildman–Crippen MR) is 93.4 cm³/mol. The van der Waals surface area contributed by atoms with E-state index in [9.17, 15) is 23.1 Å². The average molecular weight is 381 g/mol. The second-order valence-corrected chi connectivity index (χ2v) is 9.17. The summed E-state index contributed by atoms with van der Waals surface area (Å²) in [5.74, 6) is -3.17.